The maximum atomic E-state index is 15.0. The van der Waals surface area contributed by atoms with E-state index < -0.39 is 30.0 Å². The molecule has 1 amide bonds. The summed E-state index contributed by atoms with van der Waals surface area (Å²) in [5.74, 6) is -1.51. The van der Waals surface area contributed by atoms with Crippen molar-refractivity contribution < 1.29 is 27.8 Å². The standard InChI is InChI=1S/C27H21F2N3O4/c28-18-9-7-16(8-10-18)17-12-23(31-14-17)25-20(5-3-6-21(25)29)26(33)32-22(24-15-35-27(34)36-24)13-19-4-1-2-11-30-19/h1-12,22,24H,13-15H2,(H,32,33)/t22-,24-/m1/s1. The number of ether oxygens (including phenoxy) is 2. The number of hydrogen-bond acceptors (Lipinski definition) is 6. The number of carbonyl (C=O) groups excluding carboxylic acids is 2. The minimum Gasteiger partial charge on any atom is -0.430 e. The molecule has 1 fully saturated rings. The molecule has 3 aromatic rings. The van der Waals surface area contributed by atoms with Gasteiger partial charge >= 0.3 is 6.16 Å². The van der Waals surface area contributed by atoms with Crippen molar-refractivity contribution in [1.29, 1.82) is 0 Å². The van der Waals surface area contributed by atoms with Crippen molar-refractivity contribution >= 4 is 23.3 Å². The average Bonchev–Trinajstić information content (AvgIpc) is 3.54. The molecule has 182 valence electrons. The molecule has 1 saturated heterocycles. The second kappa shape index (κ2) is 10.1. The third-order valence-electron chi connectivity index (χ3n) is 5.99. The van der Waals surface area contributed by atoms with Crippen molar-refractivity contribution in [2.45, 2.75) is 18.6 Å². The zero-order valence-corrected chi connectivity index (χ0v) is 19.0. The first kappa shape index (κ1) is 23.3. The molecule has 0 spiro atoms. The Kier molecular flexibility index (Phi) is 6.53. The van der Waals surface area contributed by atoms with Gasteiger partial charge in [0, 0.05) is 23.9 Å². The quantitative estimate of drug-likeness (QED) is 0.505. The molecular weight excluding hydrogens is 468 g/mol. The van der Waals surface area contributed by atoms with Crippen LogP contribution in [0.5, 0.6) is 0 Å². The van der Waals surface area contributed by atoms with Gasteiger partial charge in [0.1, 0.15) is 18.2 Å². The van der Waals surface area contributed by atoms with E-state index in [9.17, 15) is 14.0 Å². The molecule has 0 aliphatic carbocycles. The number of hydrogen-bond donors (Lipinski definition) is 1. The molecule has 0 radical (unpaired) electrons. The van der Waals surface area contributed by atoms with E-state index >= 15 is 4.39 Å². The lowest BCUT2D eigenvalue weighted by Crippen LogP contribution is -2.46. The van der Waals surface area contributed by atoms with Gasteiger partial charge < -0.3 is 14.8 Å². The zero-order valence-electron chi connectivity index (χ0n) is 19.0. The van der Waals surface area contributed by atoms with E-state index in [4.69, 9.17) is 9.47 Å². The highest BCUT2D eigenvalue weighted by molar-refractivity contribution is 6.19. The van der Waals surface area contributed by atoms with E-state index in [0.29, 0.717) is 11.4 Å². The molecule has 0 unspecified atom stereocenters. The normalized spacial score (nSPS) is 17.6. The number of aliphatic imine (C=N–C) groups is 1. The first-order chi connectivity index (χ1) is 17.5. The second-order valence-electron chi connectivity index (χ2n) is 8.36. The van der Waals surface area contributed by atoms with Crippen molar-refractivity contribution in [3.63, 3.8) is 0 Å². The van der Waals surface area contributed by atoms with Gasteiger partial charge in [-0.15, -0.1) is 0 Å². The number of rotatable bonds is 7. The van der Waals surface area contributed by atoms with Gasteiger partial charge in [-0.1, -0.05) is 24.3 Å². The number of amides is 1. The molecule has 1 N–H and O–H groups in total. The Morgan fingerprint density at radius 1 is 1.08 bits per heavy atom. The highest BCUT2D eigenvalue weighted by atomic mass is 19.1. The van der Waals surface area contributed by atoms with Crippen LogP contribution in [-0.2, 0) is 15.9 Å². The molecular formula is C27H21F2N3O4. The zero-order chi connectivity index (χ0) is 25.1. The van der Waals surface area contributed by atoms with Gasteiger partial charge in [-0.25, -0.2) is 13.6 Å². The van der Waals surface area contributed by atoms with Crippen molar-refractivity contribution in [1.82, 2.24) is 10.3 Å². The van der Waals surface area contributed by atoms with E-state index in [2.05, 4.69) is 15.3 Å². The van der Waals surface area contributed by atoms with Crippen LogP contribution < -0.4 is 5.32 Å². The van der Waals surface area contributed by atoms with Gasteiger partial charge in [0.2, 0.25) is 0 Å². The average molecular weight is 489 g/mol. The lowest BCUT2D eigenvalue weighted by atomic mass is 9.98. The van der Waals surface area contributed by atoms with Crippen LogP contribution in [0.3, 0.4) is 0 Å². The van der Waals surface area contributed by atoms with Crippen LogP contribution >= 0.6 is 0 Å². The monoisotopic (exact) mass is 489 g/mol. The third-order valence-corrected chi connectivity index (χ3v) is 5.99. The molecule has 7 nitrogen and oxygen atoms in total. The highest BCUT2D eigenvalue weighted by Crippen LogP contribution is 2.25. The van der Waals surface area contributed by atoms with Crippen LogP contribution in [0.1, 0.15) is 27.2 Å². The van der Waals surface area contributed by atoms with Crippen molar-refractivity contribution in [3.8, 4) is 0 Å². The van der Waals surface area contributed by atoms with Crippen molar-refractivity contribution in [2.24, 2.45) is 4.99 Å². The molecule has 5 rings (SSSR count). The SMILES string of the molecule is O=C1OC[C@H]([C@@H](Cc2ccccn2)NC(=O)c2cccc(F)c2C2=NCC(c3ccc(F)cc3)=C2)O1. The Morgan fingerprint density at radius 2 is 1.92 bits per heavy atom. The lowest BCUT2D eigenvalue weighted by Gasteiger charge is -2.22. The lowest BCUT2D eigenvalue weighted by molar-refractivity contribution is 0.0831. The van der Waals surface area contributed by atoms with E-state index in [1.165, 1.54) is 30.3 Å². The fraction of sp³-hybridized carbons (Fsp3) is 0.185. The predicted molar refractivity (Wildman–Crippen MR) is 128 cm³/mol. The first-order valence-corrected chi connectivity index (χ1v) is 11.3. The number of nitrogens with zero attached hydrogens (tertiary/aromatic N) is 2. The van der Waals surface area contributed by atoms with E-state index in [1.54, 1.807) is 36.5 Å². The number of carbonyl (C=O) groups is 2. The molecule has 0 bridgehead atoms. The topological polar surface area (TPSA) is 89.9 Å². The van der Waals surface area contributed by atoms with Gasteiger partial charge in [0.25, 0.3) is 5.91 Å². The molecule has 9 heteroatoms. The van der Waals surface area contributed by atoms with Crippen LogP contribution in [0.4, 0.5) is 13.6 Å². The number of aromatic nitrogens is 1. The fourth-order valence-corrected chi connectivity index (χ4v) is 4.20. The number of pyridine rings is 1. The second-order valence-corrected chi connectivity index (χ2v) is 8.36. The Hall–Kier alpha value is -4.40. The van der Waals surface area contributed by atoms with E-state index in [0.717, 1.165) is 11.1 Å². The van der Waals surface area contributed by atoms with Crippen molar-refractivity contribution in [3.05, 3.63) is 107 Å². The Morgan fingerprint density at radius 3 is 2.64 bits per heavy atom. The number of allylic oxidation sites excluding steroid dienone is 1. The van der Waals surface area contributed by atoms with Gasteiger partial charge in [-0.2, -0.15) is 0 Å². The van der Waals surface area contributed by atoms with Crippen molar-refractivity contribution in [2.75, 3.05) is 13.2 Å². The maximum Gasteiger partial charge on any atom is 0.508 e. The van der Waals surface area contributed by atoms with E-state index in [1.807, 2.05) is 6.07 Å². The first-order valence-electron chi connectivity index (χ1n) is 11.3. The molecule has 1 aromatic heterocycles. The summed E-state index contributed by atoms with van der Waals surface area (Å²) in [5.41, 5.74) is 2.68. The molecule has 2 aliphatic heterocycles. The summed E-state index contributed by atoms with van der Waals surface area (Å²) >= 11 is 0. The molecule has 36 heavy (non-hydrogen) atoms. The van der Waals surface area contributed by atoms with Crippen LogP contribution in [0.25, 0.3) is 5.57 Å². The summed E-state index contributed by atoms with van der Waals surface area (Å²) in [5, 5.41) is 2.86. The maximum absolute atomic E-state index is 15.0. The summed E-state index contributed by atoms with van der Waals surface area (Å²) in [7, 11) is 0. The van der Waals surface area contributed by atoms with Gasteiger partial charge in [-0.05, 0) is 53.6 Å². The minimum absolute atomic E-state index is 0.0247. The molecule has 2 aliphatic rings. The van der Waals surface area contributed by atoms with Crippen LogP contribution in [0, 0.1) is 11.6 Å². The molecule has 2 atom stereocenters. The molecule has 0 saturated carbocycles. The summed E-state index contributed by atoms with van der Waals surface area (Å²) in [4.78, 5) is 33.7. The Labute approximate surface area is 205 Å². The van der Waals surface area contributed by atoms with Gasteiger partial charge in [0.15, 0.2) is 6.10 Å². The summed E-state index contributed by atoms with van der Waals surface area (Å²) < 4.78 is 38.5. The highest BCUT2D eigenvalue weighted by Gasteiger charge is 2.35. The Bertz CT molecular complexity index is 1360. The van der Waals surface area contributed by atoms with Gasteiger partial charge in [0.05, 0.1) is 23.9 Å². The number of halogens is 2. The predicted octanol–water partition coefficient (Wildman–Crippen LogP) is 4.12. The summed E-state index contributed by atoms with van der Waals surface area (Å²) in [6, 6.07) is 14.9. The third kappa shape index (κ3) is 5.00. The summed E-state index contributed by atoms with van der Waals surface area (Å²) in [6.45, 7) is 0.247. The molecule has 3 heterocycles. The minimum atomic E-state index is -0.814. The number of nitrogens with one attached hydrogen (secondary N) is 1. The van der Waals surface area contributed by atoms with Crippen LogP contribution in [-0.4, -0.2) is 48.1 Å². The fourth-order valence-electron chi connectivity index (χ4n) is 4.20. The summed E-state index contributed by atoms with van der Waals surface area (Å²) in [6.07, 6.45) is 2.05. The Balaban J connectivity index is 1.42. The number of cyclic esters (lactones) is 2. The number of benzene rings is 2. The molecule has 2 aromatic carbocycles. The van der Waals surface area contributed by atoms with Crippen LogP contribution in [0.2, 0.25) is 0 Å². The van der Waals surface area contributed by atoms with Gasteiger partial charge in [-0.3, -0.25) is 14.8 Å². The largest absolute Gasteiger partial charge is 0.508 e. The smallest absolute Gasteiger partial charge is 0.430 e. The van der Waals surface area contributed by atoms with Crippen LogP contribution in [0.15, 0.2) is 77.9 Å². The van der Waals surface area contributed by atoms with E-state index in [-0.39, 0.29) is 36.5 Å².